The molecule has 1 aliphatic heterocycles. The van der Waals surface area contributed by atoms with Crippen molar-refractivity contribution in [3.63, 3.8) is 0 Å². The third kappa shape index (κ3) is 4.43. The molecule has 0 saturated carbocycles. The number of amides is 2. The zero-order chi connectivity index (χ0) is 23.5. The summed E-state index contributed by atoms with van der Waals surface area (Å²) in [6.45, 7) is 2.00. The van der Waals surface area contributed by atoms with Crippen LogP contribution in [0.5, 0.6) is 11.5 Å². The lowest BCUT2D eigenvalue weighted by molar-refractivity contribution is -0.137. The highest BCUT2D eigenvalue weighted by Crippen LogP contribution is 2.34. The molecule has 0 aliphatic carbocycles. The van der Waals surface area contributed by atoms with Gasteiger partial charge in [-0.15, -0.1) is 0 Å². The minimum absolute atomic E-state index is 0.0858. The van der Waals surface area contributed by atoms with Crippen LogP contribution >= 0.6 is 0 Å². The zero-order valence-corrected chi connectivity index (χ0v) is 18.5. The first kappa shape index (κ1) is 22.1. The van der Waals surface area contributed by atoms with Crippen LogP contribution in [0.2, 0.25) is 0 Å². The molecule has 6 nitrogen and oxygen atoms in total. The maximum absolute atomic E-state index is 13.5. The van der Waals surface area contributed by atoms with E-state index in [-0.39, 0.29) is 17.8 Å². The minimum Gasteiger partial charge on any atom is -0.497 e. The highest BCUT2D eigenvalue weighted by Gasteiger charge is 2.39. The van der Waals surface area contributed by atoms with Crippen LogP contribution in [-0.2, 0) is 16.1 Å². The van der Waals surface area contributed by atoms with Crippen LogP contribution < -0.4 is 14.8 Å². The molecule has 33 heavy (non-hydrogen) atoms. The number of hydrogen-bond donors (Lipinski definition) is 1. The fourth-order valence-electron chi connectivity index (χ4n) is 3.69. The van der Waals surface area contributed by atoms with E-state index in [9.17, 15) is 14.0 Å². The Labute approximate surface area is 191 Å². The van der Waals surface area contributed by atoms with E-state index in [1.165, 1.54) is 36.3 Å². The van der Waals surface area contributed by atoms with Crippen molar-refractivity contribution in [3.05, 3.63) is 94.9 Å². The molecule has 168 valence electrons. The quantitative estimate of drug-likeness (QED) is 0.540. The summed E-state index contributed by atoms with van der Waals surface area (Å²) in [6, 6.07) is 18.1. The normalized spacial score (nSPS) is 13.5. The second kappa shape index (κ2) is 9.16. The lowest BCUT2D eigenvalue weighted by Crippen LogP contribution is -2.32. The molecule has 0 bridgehead atoms. The van der Waals surface area contributed by atoms with Crippen molar-refractivity contribution in [2.75, 3.05) is 19.5 Å². The van der Waals surface area contributed by atoms with Gasteiger partial charge < -0.3 is 14.8 Å². The molecule has 0 fully saturated rings. The molecule has 1 N–H and O–H groups in total. The van der Waals surface area contributed by atoms with Gasteiger partial charge in [-0.1, -0.05) is 30.3 Å². The molecular weight excluding hydrogens is 423 g/mol. The Kier molecular flexibility index (Phi) is 6.13. The highest BCUT2D eigenvalue weighted by molar-refractivity contribution is 6.36. The summed E-state index contributed by atoms with van der Waals surface area (Å²) < 4.78 is 24.1. The van der Waals surface area contributed by atoms with Crippen molar-refractivity contribution >= 4 is 23.1 Å². The number of nitrogens with zero attached hydrogens (tertiary/aromatic N) is 1. The molecule has 0 unspecified atom stereocenters. The number of anilines is 1. The van der Waals surface area contributed by atoms with Crippen molar-refractivity contribution in [3.8, 4) is 11.5 Å². The van der Waals surface area contributed by atoms with E-state index in [1.54, 1.807) is 37.4 Å². The van der Waals surface area contributed by atoms with Gasteiger partial charge in [-0.3, -0.25) is 14.5 Å². The van der Waals surface area contributed by atoms with E-state index in [0.717, 1.165) is 11.1 Å². The summed E-state index contributed by atoms with van der Waals surface area (Å²) in [5.41, 5.74) is 3.01. The first-order valence-electron chi connectivity index (χ1n) is 10.3. The van der Waals surface area contributed by atoms with Gasteiger partial charge in [0.15, 0.2) is 0 Å². The number of benzene rings is 3. The molecule has 0 saturated heterocycles. The number of halogens is 1. The number of hydrogen-bond acceptors (Lipinski definition) is 5. The molecule has 0 radical (unpaired) electrons. The molecule has 0 atom stereocenters. The van der Waals surface area contributed by atoms with Gasteiger partial charge in [0.1, 0.15) is 23.0 Å². The molecule has 0 spiro atoms. The first-order valence-corrected chi connectivity index (χ1v) is 10.3. The average molecular weight is 446 g/mol. The van der Waals surface area contributed by atoms with Gasteiger partial charge in [0.2, 0.25) is 0 Å². The topological polar surface area (TPSA) is 67.9 Å². The van der Waals surface area contributed by atoms with Gasteiger partial charge in [0.05, 0.1) is 32.0 Å². The van der Waals surface area contributed by atoms with Crippen molar-refractivity contribution in [2.45, 2.75) is 13.5 Å². The molecule has 7 heteroatoms. The van der Waals surface area contributed by atoms with Crippen LogP contribution in [0.3, 0.4) is 0 Å². The van der Waals surface area contributed by atoms with Gasteiger partial charge >= 0.3 is 0 Å². The second-order valence-electron chi connectivity index (χ2n) is 7.63. The molecule has 0 aromatic heterocycles. The van der Waals surface area contributed by atoms with Crippen LogP contribution in [0.4, 0.5) is 10.1 Å². The standard InChI is InChI=1S/C26H23FN2O4/c1-16-4-13-22(33-3)21(14-16)28-24-23(18-7-9-19(27)10-8-18)25(30)29(26(24)31)15-17-5-11-20(32-2)12-6-17/h4-14,28H,15H2,1-3H3. The molecular formula is C26H23FN2O4. The van der Waals surface area contributed by atoms with Crippen LogP contribution in [0, 0.1) is 12.7 Å². The molecule has 1 heterocycles. The van der Waals surface area contributed by atoms with E-state index in [1.807, 2.05) is 19.1 Å². The van der Waals surface area contributed by atoms with E-state index < -0.39 is 17.6 Å². The number of carbonyl (C=O) groups is 2. The van der Waals surface area contributed by atoms with E-state index in [4.69, 9.17) is 9.47 Å². The number of nitrogens with one attached hydrogen (secondary N) is 1. The Morgan fingerprint density at radius 1 is 0.879 bits per heavy atom. The lowest BCUT2D eigenvalue weighted by Gasteiger charge is -2.16. The molecule has 4 rings (SSSR count). The molecule has 1 aliphatic rings. The van der Waals surface area contributed by atoms with Crippen molar-refractivity contribution in [2.24, 2.45) is 0 Å². The van der Waals surface area contributed by atoms with Crippen molar-refractivity contribution < 1.29 is 23.5 Å². The largest absolute Gasteiger partial charge is 0.497 e. The third-order valence-corrected chi connectivity index (χ3v) is 5.42. The SMILES string of the molecule is COc1ccc(CN2C(=O)C(Nc3cc(C)ccc3OC)=C(c3ccc(F)cc3)C2=O)cc1. The van der Waals surface area contributed by atoms with E-state index in [2.05, 4.69) is 5.32 Å². The molecule has 3 aromatic rings. The fourth-order valence-corrected chi connectivity index (χ4v) is 3.69. The predicted octanol–water partition coefficient (Wildman–Crippen LogP) is 4.54. The number of ether oxygens (including phenoxy) is 2. The Bertz CT molecular complexity index is 1230. The summed E-state index contributed by atoms with van der Waals surface area (Å²) in [5.74, 6) is -0.159. The minimum atomic E-state index is -0.473. The Morgan fingerprint density at radius 2 is 1.58 bits per heavy atom. The zero-order valence-electron chi connectivity index (χ0n) is 18.5. The third-order valence-electron chi connectivity index (χ3n) is 5.42. The number of aryl methyl sites for hydroxylation is 1. The summed E-state index contributed by atoms with van der Waals surface area (Å²) in [6.07, 6.45) is 0. The maximum Gasteiger partial charge on any atom is 0.278 e. The van der Waals surface area contributed by atoms with Crippen LogP contribution in [0.25, 0.3) is 5.57 Å². The Hall–Kier alpha value is -4.13. The molecule has 3 aromatic carbocycles. The molecule has 2 amide bonds. The number of imide groups is 1. The summed E-state index contributed by atoms with van der Waals surface area (Å²) in [4.78, 5) is 28.0. The predicted molar refractivity (Wildman–Crippen MR) is 123 cm³/mol. The van der Waals surface area contributed by atoms with Crippen LogP contribution in [-0.4, -0.2) is 30.9 Å². The Morgan fingerprint density at radius 3 is 2.21 bits per heavy atom. The Balaban J connectivity index is 1.74. The van der Waals surface area contributed by atoms with Crippen molar-refractivity contribution in [1.82, 2.24) is 4.90 Å². The number of methoxy groups -OCH3 is 2. The number of carbonyl (C=O) groups excluding carboxylic acids is 2. The van der Waals surface area contributed by atoms with Gasteiger partial charge in [0, 0.05) is 0 Å². The van der Waals surface area contributed by atoms with Gasteiger partial charge in [-0.2, -0.15) is 0 Å². The number of rotatable bonds is 7. The smallest absolute Gasteiger partial charge is 0.278 e. The first-order chi connectivity index (χ1) is 15.9. The van der Waals surface area contributed by atoms with Crippen LogP contribution in [0.15, 0.2) is 72.4 Å². The van der Waals surface area contributed by atoms with Crippen LogP contribution in [0.1, 0.15) is 16.7 Å². The van der Waals surface area contributed by atoms with Gasteiger partial charge in [0.25, 0.3) is 11.8 Å². The van der Waals surface area contributed by atoms with Gasteiger partial charge in [-0.05, 0) is 60.0 Å². The lowest BCUT2D eigenvalue weighted by atomic mass is 10.0. The highest BCUT2D eigenvalue weighted by atomic mass is 19.1. The fraction of sp³-hybridized carbons (Fsp3) is 0.154. The van der Waals surface area contributed by atoms with E-state index >= 15 is 0 Å². The maximum atomic E-state index is 13.5. The summed E-state index contributed by atoms with van der Waals surface area (Å²) in [7, 11) is 3.10. The monoisotopic (exact) mass is 446 g/mol. The summed E-state index contributed by atoms with van der Waals surface area (Å²) >= 11 is 0. The summed E-state index contributed by atoms with van der Waals surface area (Å²) in [5, 5.41) is 3.11. The van der Waals surface area contributed by atoms with Crippen molar-refractivity contribution in [1.29, 1.82) is 0 Å². The van der Waals surface area contributed by atoms with E-state index in [0.29, 0.717) is 22.7 Å². The average Bonchev–Trinajstić information content (AvgIpc) is 3.04. The second-order valence-corrected chi connectivity index (χ2v) is 7.63. The van der Waals surface area contributed by atoms with Gasteiger partial charge in [-0.25, -0.2) is 4.39 Å².